The molecule has 0 unspecified atom stereocenters. The predicted octanol–water partition coefficient (Wildman–Crippen LogP) is 3.71. The Kier molecular flexibility index (Phi) is 5.59. The van der Waals surface area contributed by atoms with Gasteiger partial charge in [0.15, 0.2) is 0 Å². The summed E-state index contributed by atoms with van der Waals surface area (Å²) in [5.74, 6) is -1.46. The van der Waals surface area contributed by atoms with Crippen molar-refractivity contribution in [3.8, 4) is 5.75 Å². The molecule has 6 rings (SSSR count). The van der Waals surface area contributed by atoms with E-state index in [4.69, 9.17) is 4.74 Å². The molecule has 2 aliphatic carbocycles. The fraction of sp³-hybridized carbons (Fsp3) is 0.429. The van der Waals surface area contributed by atoms with Gasteiger partial charge >= 0.3 is 5.97 Å². The first-order chi connectivity index (χ1) is 18.1. The fourth-order valence-corrected chi connectivity index (χ4v) is 6.87. The summed E-state index contributed by atoms with van der Waals surface area (Å²) < 4.78 is 5.57. The van der Waals surface area contributed by atoms with Gasteiger partial charge in [-0.3, -0.25) is 29.3 Å². The molecule has 38 heavy (non-hydrogen) atoms. The summed E-state index contributed by atoms with van der Waals surface area (Å²) in [5.41, 5.74) is 1.90. The van der Waals surface area contributed by atoms with Gasteiger partial charge in [0, 0.05) is 24.6 Å². The molecule has 2 heterocycles. The van der Waals surface area contributed by atoms with Crippen molar-refractivity contribution in [1.82, 2.24) is 0 Å². The normalized spacial score (nSPS) is 27.8. The van der Waals surface area contributed by atoms with Gasteiger partial charge in [0.1, 0.15) is 5.75 Å². The van der Waals surface area contributed by atoms with E-state index in [2.05, 4.69) is 0 Å². The Morgan fingerprint density at radius 2 is 1.66 bits per heavy atom. The molecule has 2 aromatic rings. The minimum atomic E-state index is -0.737. The standard InChI is InChI=1S/C28H27N3O7/c1-14-3-6-19(12-22(14)31(36)37)29-13-18(11-23(29)32)28(35)38-20-7-8-21(15(2)9-20)30-26(33)24-16-4-5-17(10-16)25(24)27(30)34/h3,6-9,12,16-18,24-25H,4-5,10-11,13H2,1-2H3/t16-,17-,18+,24-,25+/m0/s1. The van der Waals surface area contributed by atoms with Gasteiger partial charge in [0.05, 0.1) is 34.1 Å². The van der Waals surface area contributed by atoms with Crippen molar-refractivity contribution in [2.45, 2.75) is 39.5 Å². The molecule has 3 amide bonds. The number of nitrogens with zero attached hydrogens (tertiary/aromatic N) is 3. The first-order valence-corrected chi connectivity index (χ1v) is 12.9. The van der Waals surface area contributed by atoms with Crippen molar-refractivity contribution in [3.63, 3.8) is 0 Å². The quantitative estimate of drug-likeness (QED) is 0.194. The smallest absolute Gasteiger partial charge is 0.316 e. The first kappa shape index (κ1) is 24.3. The number of nitro benzene ring substituents is 1. The van der Waals surface area contributed by atoms with E-state index >= 15 is 0 Å². The second-order valence-corrected chi connectivity index (χ2v) is 10.9. The Balaban J connectivity index is 1.15. The largest absolute Gasteiger partial charge is 0.426 e. The Bertz CT molecular complexity index is 1390. The van der Waals surface area contributed by atoms with E-state index in [9.17, 15) is 29.3 Å². The number of fused-ring (bicyclic) bond motifs is 5. The highest BCUT2D eigenvalue weighted by Gasteiger charge is 2.61. The van der Waals surface area contributed by atoms with Crippen LogP contribution in [0.3, 0.4) is 0 Å². The van der Waals surface area contributed by atoms with Crippen LogP contribution in [-0.4, -0.2) is 35.2 Å². The van der Waals surface area contributed by atoms with Crippen molar-refractivity contribution in [2.75, 3.05) is 16.3 Å². The van der Waals surface area contributed by atoms with Crippen LogP contribution in [0.2, 0.25) is 0 Å². The molecule has 10 heteroatoms. The number of hydrogen-bond acceptors (Lipinski definition) is 7. The first-order valence-electron chi connectivity index (χ1n) is 12.9. The predicted molar refractivity (Wildman–Crippen MR) is 135 cm³/mol. The van der Waals surface area contributed by atoms with E-state index in [0.29, 0.717) is 34.3 Å². The highest BCUT2D eigenvalue weighted by molar-refractivity contribution is 6.23. The number of anilines is 2. The van der Waals surface area contributed by atoms with Crippen molar-refractivity contribution in [2.24, 2.45) is 29.6 Å². The minimum Gasteiger partial charge on any atom is -0.426 e. The van der Waals surface area contributed by atoms with Gasteiger partial charge in [-0.15, -0.1) is 0 Å². The lowest BCUT2D eigenvalue weighted by Crippen LogP contribution is -2.33. The van der Waals surface area contributed by atoms with E-state index in [0.717, 1.165) is 19.3 Å². The van der Waals surface area contributed by atoms with Gasteiger partial charge in [-0.25, -0.2) is 4.90 Å². The zero-order valence-corrected chi connectivity index (χ0v) is 21.1. The maximum absolute atomic E-state index is 13.2. The zero-order valence-electron chi connectivity index (χ0n) is 21.1. The van der Waals surface area contributed by atoms with Crippen LogP contribution in [0, 0.1) is 53.6 Å². The summed E-state index contributed by atoms with van der Waals surface area (Å²) in [5, 5.41) is 11.3. The maximum Gasteiger partial charge on any atom is 0.316 e. The number of imide groups is 1. The summed E-state index contributed by atoms with van der Waals surface area (Å²) in [6.07, 6.45) is 2.92. The summed E-state index contributed by atoms with van der Waals surface area (Å²) in [7, 11) is 0. The van der Waals surface area contributed by atoms with Gasteiger partial charge < -0.3 is 9.64 Å². The summed E-state index contributed by atoms with van der Waals surface area (Å²) in [4.78, 5) is 65.4. The highest BCUT2D eigenvalue weighted by atomic mass is 16.6. The number of hydrogen-bond donors (Lipinski definition) is 0. The number of nitro groups is 1. The molecule has 4 fully saturated rings. The molecule has 4 aliphatic rings. The van der Waals surface area contributed by atoms with Gasteiger partial charge in [0.25, 0.3) is 5.69 Å². The van der Waals surface area contributed by atoms with E-state index in [-0.39, 0.29) is 54.0 Å². The fourth-order valence-electron chi connectivity index (χ4n) is 6.87. The van der Waals surface area contributed by atoms with Crippen molar-refractivity contribution >= 4 is 40.8 Å². The number of benzene rings is 2. The van der Waals surface area contributed by atoms with E-state index in [1.807, 2.05) is 0 Å². The second-order valence-electron chi connectivity index (χ2n) is 10.9. The molecule has 0 aromatic heterocycles. The zero-order chi connectivity index (χ0) is 26.9. The third kappa shape index (κ3) is 3.69. The third-order valence-electron chi connectivity index (χ3n) is 8.71. The molecule has 2 aliphatic heterocycles. The average molecular weight is 518 g/mol. The minimum absolute atomic E-state index is 0.0524. The SMILES string of the molecule is Cc1cc(OC(=O)[C@@H]2CC(=O)N(c3ccc(C)c([N+](=O)[O-])c3)C2)ccc1N1C(=O)[C@@H]2[C@H]3CC[C@@H](C3)[C@@H]2C1=O. The van der Waals surface area contributed by atoms with Crippen molar-refractivity contribution in [1.29, 1.82) is 0 Å². The number of aryl methyl sites for hydroxylation is 2. The van der Waals surface area contributed by atoms with Crippen LogP contribution in [0.4, 0.5) is 17.1 Å². The van der Waals surface area contributed by atoms with Gasteiger partial charge in [-0.1, -0.05) is 6.07 Å². The van der Waals surface area contributed by atoms with Gasteiger partial charge in [0.2, 0.25) is 17.7 Å². The van der Waals surface area contributed by atoms with Gasteiger partial charge in [-0.2, -0.15) is 0 Å². The van der Waals surface area contributed by atoms with Crippen LogP contribution in [-0.2, 0) is 19.2 Å². The molecule has 2 aromatic carbocycles. The Morgan fingerprint density at radius 1 is 0.974 bits per heavy atom. The molecular weight excluding hydrogens is 490 g/mol. The molecule has 0 radical (unpaired) electrons. The van der Waals surface area contributed by atoms with Crippen LogP contribution < -0.4 is 14.5 Å². The summed E-state index contributed by atoms with van der Waals surface area (Å²) in [6, 6.07) is 9.34. The van der Waals surface area contributed by atoms with Crippen LogP contribution in [0.25, 0.3) is 0 Å². The summed E-state index contributed by atoms with van der Waals surface area (Å²) >= 11 is 0. The third-order valence-corrected chi connectivity index (χ3v) is 8.71. The molecular formula is C28H27N3O7. The monoisotopic (exact) mass is 517 g/mol. The van der Waals surface area contributed by atoms with Gasteiger partial charge in [-0.05, 0) is 74.8 Å². The lowest BCUT2D eigenvalue weighted by molar-refractivity contribution is -0.385. The number of carbonyl (C=O) groups is 4. The molecule has 0 N–H and O–H groups in total. The Labute approximate surface area is 218 Å². The van der Waals surface area contributed by atoms with E-state index < -0.39 is 16.8 Å². The molecule has 10 nitrogen and oxygen atoms in total. The topological polar surface area (TPSA) is 127 Å². The van der Waals surface area contributed by atoms with Crippen LogP contribution >= 0.6 is 0 Å². The molecule has 2 bridgehead atoms. The lowest BCUT2D eigenvalue weighted by Gasteiger charge is -2.20. The second kappa shape index (κ2) is 8.75. The van der Waals surface area contributed by atoms with E-state index in [1.54, 1.807) is 44.2 Å². The summed E-state index contributed by atoms with van der Waals surface area (Å²) in [6.45, 7) is 3.43. The number of rotatable bonds is 5. The maximum atomic E-state index is 13.2. The highest BCUT2D eigenvalue weighted by Crippen LogP contribution is 2.56. The molecule has 2 saturated carbocycles. The van der Waals surface area contributed by atoms with Crippen LogP contribution in [0.1, 0.15) is 36.8 Å². The number of carbonyl (C=O) groups excluding carboxylic acids is 4. The van der Waals surface area contributed by atoms with E-state index in [1.165, 1.54) is 15.9 Å². The number of amides is 3. The molecule has 5 atom stereocenters. The Morgan fingerprint density at radius 3 is 2.29 bits per heavy atom. The van der Waals surface area contributed by atoms with Crippen molar-refractivity contribution < 1.29 is 28.8 Å². The van der Waals surface area contributed by atoms with Crippen LogP contribution in [0.5, 0.6) is 5.75 Å². The molecule has 2 saturated heterocycles. The molecule has 0 spiro atoms. The molecule has 196 valence electrons. The average Bonchev–Trinajstić information content (AvgIpc) is 3.64. The van der Waals surface area contributed by atoms with Crippen LogP contribution in [0.15, 0.2) is 36.4 Å². The Hall–Kier alpha value is -4.08. The number of esters is 1. The number of ether oxygens (including phenoxy) is 1. The lowest BCUT2D eigenvalue weighted by atomic mass is 9.81. The van der Waals surface area contributed by atoms with Crippen molar-refractivity contribution in [3.05, 3.63) is 57.6 Å².